The zero-order valence-electron chi connectivity index (χ0n) is 11.5. The summed E-state index contributed by atoms with van der Waals surface area (Å²) < 4.78 is 1.77. The summed E-state index contributed by atoms with van der Waals surface area (Å²) in [7, 11) is 1.88. The van der Waals surface area contributed by atoms with Gasteiger partial charge in [0, 0.05) is 12.4 Å². The van der Waals surface area contributed by atoms with Crippen molar-refractivity contribution in [1.29, 1.82) is 0 Å². The van der Waals surface area contributed by atoms with E-state index in [1.165, 1.54) is 0 Å². The fraction of sp³-hybridized carbons (Fsp3) is 0.538. The maximum Gasteiger partial charge on any atom is 0.157 e. The summed E-state index contributed by atoms with van der Waals surface area (Å²) >= 11 is 0. The van der Waals surface area contributed by atoms with E-state index in [1.807, 2.05) is 27.0 Å². The molecule has 1 unspecified atom stereocenters. The van der Waals surface area contributed by atoms with E-state index in [0.717, 1.165) is 22.4 Å². The molecule has 98 valence electrons. The summed E-state index contributed by atoms with van der Waals surface area (Å²) in [6.45, 7) is 7.48. The Morgan fingerprint density at radius 3 is 2.72 bits per heavy atom. The van der Waals surface area contributed by atoms with Crippen LogP contribution in [0, 0.1) is 6.92 Å². The van der Waals surface area contributed by atoms with Gasteiger partial charge in [-0.05, 0) is 33.8 Å². The van der Waals surface area contributed by atoms with Crippen molar-refractivity contribution in [3.8, 4) is 0 Å². The van der Waals surface area contributed by atoms with Gasteiger partial charge in [0.25, 0.3) is 0 Å². The first-order valence-electron chi connectivity index (χ1n) is 6.07. The van der Waals surface area contributed by atoms with Crippen molar-refractivity contribution >= 4 is 16.7 Å². The average molecular weight is 248 g/mol. The molecule has 0 aromatic carbocycles. The highest BCUT2D eigenvalue weighted by Gasteiger charge is 2.22. The zero-order chi connectivity index (χ0) is 13.5. The molecule has 0 amide bonds. The molecule has 5 heteroatoms. The van der Waals surface area contributed by atoms with E-state index in [0.29, 0.717) is 0 Å². The second-order valence-corrected chi connectivity index (χ2v) is 5.32. The third kappa shape index (κ3) is 2.31. The Bertz CT molecular complexity index is 568. The lowest BCUT2D eigenvalue weighted by Crippen LogP contribution is -2.39. The number of rotatable bonds is 3. The lowest BCUT2D eigenvalue weighted by Gasteiger charge is -2.27. The van der Waals surface area contributed by atoms with Gasteiger partial charge in [0.15, 0.2) is 5.65 Å². The summed E-state index contributed by atoms with van der Waals surface area (Å²) in [4.78, 5) is 4.39. The van der Waals surface area contributed by atoms with Gasteiger partial charge in [-0.1, -0.05) is 0 Å². The highest BCUT2D eigenvalue weighted by molar-refractivity contribution is 5.81. The van der Waals surface area contributed by atoms with E-state index in [4.69, 9.17) is 0 Å². The van der Waals surface area contributed by atoms with E-state index >= 15 is 0 Å². The maximum atomic E-state index is 9.92. The van der Waals surface area contributed by atoms with Gasteiger partial charge in [-0.2, -0.15) is 5.10 Å². The first-order chi connectivity index (χ1) is 8.29. The number of aromatic nitrogens is 3. The molecule has 0 saturated heterocycles. The minimum Gasteiger partial charge on any atom is -0.388 e. The highest BCUT2D eigenvalue weighted by Crippen LogP contribution is 2.21. The molecule has 0 aliphatic carbocycles. The number of anilines is 1. The number of hydrogen-bond donors (Lipinski definition) is 2. The highest BCUT2D eigenvalue weighted by atomic mass is 16.3. The predicted octanol–water partition coefficient (Wildman–Crippen LogP) is 1.85. The Morgan fingerprint density at radius 1 is 1.44 bits per heavy atom. The molecule has 18 heavy (non-hydrogen) atoms. The van der Waals surface area contributed by atoms with Gasteiger partial charge >= 0.3 is 0 Å². The van der Waals surface area contributed by atoms with Gasteiger partial charge in [0.2, 0.25) is 0 Å². The molecule has 0 spiro atoms. The van der Waals surface area contributed by atoms with E-state index in [2.05, 4.69) is 15.4 Å². The van der Waals surface area contributed by atoms with Crippen molar-refractivity contribution in [2.75, 3.05) is 5.32 Å². The van der Waals surface area contributed by atoms with E-state index < -0.39 is 5.60 Å². The van der Waals surface area contributed by atoms with Crippen LogP contribution in [0.5, 0.6) is 0 Å². The van der Waals surface area contributed by atoms with Crippen molar-refractivity contribution in [2.24, 2.45) is 7.05 Å². The lowest BCUT2D eigenvalue weighted by molar-refractivity contribution is 0.0649. The summed E-state index contributed by atoms with van der Waals surface area (Å²) in [5.41, 5.74) is 1.95. The first-order valence-corrected chi connectivity index (χ1v) is 6.07. The molecule has 5 nitrogen and oxygen atoms in total. The van der Waals surface area contributed by atoms with E-state index in [9.17, 15) is 5.11 Å². The van der Waals surface area contributed by atoms with Crippen LogP contribution in [0.4, 0.5) is 5.69 Å². The molecule has 0 saturated carbocycles. The van der Waals surface area contributed by atoms with Crippen LogP contribution < -0.4 is 5.32 Å². The standard InChI is InChI=1S/C13H20N4O/c1-8-11-6-10(15-9(2)13(3,4)18)7-14-12(11)17(5)16-8/h6-7,9,15,18H,1-5H3. The van der Waals surface area contributed by atoms with Gasteiger partial charge in [0.1, 0.15) is 0 Å². The Kier molecular flexibility index (Phi) is 3.02. The van der Waals surface area contributed by atoms with Crippen LogP contribution in [-0.4, -0.2) is 31.5 Å². The first kappa shape index (κ1) is 12.8. The molecule has 0 aliphatic heterocycles. The Balaban J connectivity index is 2.33. The monoisotopic (exact) mass is 248 g/mol. The third-order valence-electron chi connectivity index (χ3n) is 3.31. The molecule has 2 heterocycles. The van der Waals surface area contributed by atoms with Crippen LogP contribution in [0.15, 0.2) is 12.3 Å². The van der Waals surface area contributed by atoms with Gasteiger partial charge < -0.3 is 10.4 Å². The van der Waals surface area contributed by atoms with Crippen molar-refractivity contribution in [3.63, 3.8) is 0 Å². The van der Waals surface area contributed by atoms with Crippen molar-refractivity contribution in [1.82, 2.24) is 14.8 Å². The van der Waals surface area contributed by atoms with Crippen LogP contribution in [0.2, 0.25) is 0 Å². The molecule has 2 N–H and O–H groups in total. The van der Waals surface area contributed by atoms with E-state index in [-0.39, 0.29) is 6.04 Å². The van der Waals surface area contributed by atoms with Crippen LogP contribution in [0.3, 0.4) is 0 Å². The number of pyridine rings is 1. The molecular weight excluding hydrogens is 228 g/mol. The topological polar surface area (TPSA) is 63.0 Å². The molecule has 0 radical (unpaired) electrons. The number of nitrogens with zero attached hydrogens (tertiary/aromatic N) is 3. The van der Waals surface area contributed by atoms with Crippen LogP contribution in [-0.2, 0) is 7.05 Å². The molecule has 0 aliphatic rings. The summed E-state index contributed by atoms with van der Waals surface area (Å²) in [5.74, 6) is 0. The Labute approximate surface area is 107 Å². The molecule has 2 rings (SSSR count). The van der Waals surface area contributed by atoms with Gasteiger partial charge in [0.05, 0.1) is 29.2 Å². The number of aryl methyl sites for hydroxylation is 2. The molecule has 1 atom stereocenters. The molecule has 0 fully saturated rings. The quantitative estimate of drug-likeness (QED) is 0.870. The SMILES string of the molecule is Cc1nn(C)c2ncc(NC(C)C(C)(C)O)cc12. The number of fused-ring (bicyclic) bond motifs is 1. The Morgan fingerprint density at radius 2 is 2.11 bits per heavy atom. The van der Waals surface area contributed by atoms with Gasteiger partial charge in [-0.15, -0.1) is 0 Å². The fourth-order valence-electron chi connectivity index (χ4n) is 1.81. The van der Waals surface area contributed by atoms with Crippen LogP contribution in [0.1, 0.15) is 26.5 Å². The zero-order valence-corrected chi connectivity index (χ0v) is 11.5. The normalized spacial score (nSPS) is 13.9. The number of hydrogen-bond acceptors (Lipinski definition) is 4. The number of nitrogens with one attached hydrogen (secondary N) is 1. The molecular formula is C13H20N4O. The molecule has 2 aromatic rings. The smallest absolute Gasteiger partial charge is 0.157 e. The van der Waals surface area contributed by atoms with E-state index in [1.54, 1.807) is 24.7 Å². The minimum absolute atomic E-state index is 0.0614. The van der Waals surface area contributed by atoms with Crippen molar-refractivity contribution in [2.45, 2.75) is 39.3 Å². The number of aliphatic hydroxyl groups is 1. The average Bonchev–Trinajstić information content (AvgIpc) is 2.53. The van der Waals surface area contributed by atoms with Crippen molar-refractivity contribution in [3.05, 3.63) is 18.0 Å². The Hall–Kier alpha value is -1.62. The second-order valence-electron chi connectivity index (χ2n) is 5.32. The van der Waals surface area contributed by atoms with Crippen molar-refractivity contribution < 1.29 is 5.11 Å². The maximum absolute atomic E-state index is 9.92. The summed E-state index contributed by atoms with van der Waals surface area (Å²) in [6, 6.07) is 1.96. The van der Waals surface area contributed by atoms with Gasteiger partial charge in [-0.25, -0.2) is 4.98 Å². The summed E-state index contributed by atoms with van der Waals surface area (Å²) in [5, 5.41) is 18.6. The predicted molar refractivity (Wildman–Crippen MR) is 72.6 cm³/mol. The van der Waals surface area contributed by atoms with Crippen LogP contribution in [0.25, 0.3) is 11.0 Å². The van der Waals surface area contributed by atoms with Crippen LogP contribution >= 0.6 is 0 Å². The minimum atomic E-state index is -0.779. The van der Waals surface area contributed by atoms with Gasteiger partial charge in [-0.3, -0.25) is 4.68 Å². The summed E-state index contributed by atoms with van der Waals surface area (Å²) in [6.07, 6.45) is 1.77. The molecule has 2 aromatic heterocycles. The largest absolute Gasteiger partial charge is 0.388 e. The third-order valence-corrected chi connectivity index (χ3v) is 3.31. The molecule has 0 bridgehead atoms. The lowest BCUT2D eigenvalue weighted by atomic mass is 10.0. The fourth-order valence-corrected chi connectivity index (χ4v) is 1.81. The second kappa shape index (κ2) is 4.24.